The van der Waals surface area contributed by atoms with Crippen molar-refractivity contribution in [3.8, 4) is 0 Å². The van der Waals surface area contributed by atoms with Gasteiger partial charge in [-0.25, -0.2) is 0 Å². The summed E-state index contributed by atoms with van der Waals surface area (Å²) < 4.78 is 0. The van der Waals surface area contributed by atoms with Crippen LogP contribution in [0.3, 0.4) is 0 Å². The van der Waals surface area contributed by atoms with Crippen molar-refractivity contribution >= 4 is 5.57 Å². The SMILES string of the molecule is C=C(O)/C(=C\C)c1ccccn1. The molecule has 0 atom stereocenters. The van der Waals surface area contributed by atoms with E-state index in [4.69, 9.17) is 5.11 Å². The monoisotopic (exact) mass is 161 g/mol. The van der Waals surface area contributed by atoms with Gasteiger partial charge in [-0.05, 0) is 19.1 Å². The summed E-state index contributed by atoms with van der Waals surface area (Å²) in [5.41, 5.74) is 1.42. The maximum Gasteiger partial charge on any atom is 0.117 e. The molecule has 1 rings (SSSR count). The fourth-order valence-electron chi connectivity index (χ4n) is 0.984. The first-order valence-electron chi connectivity index (χ1n) is 3.71. The van der Waals surface area contributed by atoms with Crippen LogP contribution < -0.4 is 0 Å². The topological polar surface area (TPSA) is 33.1 Å². The van der Waals surface area contributed by atoms with E-state index in [0.717, 1.165) is 5.69 Å². The average molecular weight is 161 g/mol. The van der Waals surface area contributed by atoms with Crippen molar-refractivity contribution in [1.82, 2.24) is 4.98 Å². The van der Waals surface area contributed by atoms with Crippen LogP contribution in [0, 0.1) is 0 Å². The highest BCUT2D eigenvalue weighted by Gasteiger charge is 2.02. The summed E-state index contributed by atoms with van der Waals surface area (Å²) >= 11 is 0. The van der Waals surface area contributed by atoms with Crippen molar-refractivity contribution in [2.24, 2.45) is 0 Å². The van der Waals surface area contributed by atoms with Gasteiger partial charge in [-0.2, -0.15) is 0 Å². The number of rotatable bonds is 2. The zero-order valence-electron chi connectivity index (χ0n) is 6.99. The van der Waals surface area contributed by atoms with Crippen LogP contribution in [0.25, 0.3) is 5.57 Å². The molecule has 0 radical (unpaired) electrons. The number of nitrogens with zero attached hydrogens (tertiary/aromatic N) is 1. The van der Waals surface area contributed by atoms with Crippen LogP contribution in [0.15, 0.2) is 42.8 Å². The lowest BCUT2D eigenvalue weighted by Crippen LogP contribution is -1.89. The maximum atomic E-state index is 9.16. The minimum Gasteiger partial charge on any atom is -0.508 e. The van der Waals surface area contributed by atoms with Gasteiger partial charge >= 0.3 is 0 Å². The molecule has 1 aromatic heterocycles. The Kier molecular flexibility index (Phi) is 2.64. The molecular weight excluding hydrogens is 150 g/mol. The van der Waals surface area contributed by atoms with Crippen molar-refractivity contribution in [1.29, 1.82) is 0 Å². The third kappa shape index (κ3) is 1.72. The lowest BCUT2D eigenvalue weighted by atomic mass is 10.1. The highest BCUT2D eigenvalue weighted by Crippen LogP contribution is 2.16. The minimum atomic E-state index is 0.0520. The van der Waals surface area contributed by atoms with E-state index in [1.807, 2.05) is 25.1 Å². The van der Waals surface area contributed by atoms with Crippen LogP contribution in [0.4, 0.5) is 0 Å². The Labute approximate surface area is 71.9 Å². The fraction of sp³-hybridized carbons (Fsp3) is 0.100. The zero-order chi connectivity index (χ0) is 8.97. The van der Waals surface area contributed by atoms with Gasteiger partial charge in [0.25, 0.3) is 0 Å². The first-order valence-corrected chi connectivity index (χ1v) is 3.71. The molecule has 0 spiro atoms. The Morgan fingerprint density at radius 3 is 2.75 bits per heavy atom. The molecule has 12 heavy (non-hydrogen) atoms. The number of hydrogen-bond acceptors (Lipinski definition) is 2. The maximum absolute atomic E-state index is 9.16. The van der Waals surface area contributed by atoms with Crippen LogP contribution in [0.1, 0.15) is 12.6 Å². The number of aliphatic hydroxyl groups is 1. The minimum absolute atomic E-state index is 0.0520. The fourth-order valence-corrected chi connectivity index (χ4v) is 0.984. The molecule has 1 aromatic rings. The second kappa shape index (κ2) is 3.72. The van der Waals surface area contributed by atoms with E-state index in [1.54, 1.807) is 12.3 Å². The lowest BCUT2D eigenvalue weighted by Gasteiger charge is -2.02. The van der Waals surface area contributed by atoms with Crippen LogP contribution in [0.5, 0.6) is 0 Å². The standard InChI is InChI=1S/C10H11NO/c1-3-9(8(2)12)10-6-4-5-7-11-10/h3-7,12H,2H2,1H3/b9-3+. The van der Waals surface area contributed by atoms with Crippen LogP contribution in [-0.4, -0.2) is 10.1 Å². The number of aliphatic hydroxyl groups excluding tert-OH is 1. The predicted octanol–water partition coefficient (Wildman–Crippen LogP) is 2.56. The van der Waals surface area contributed by atoms with Crippen molar-refractivity contribution in [2.45, 2.75) is 6.92 Å². The van der Waals surface area contributed by atoms with Gasteiger partial charge in [-0.15, -0.1) is 0 Å². The van der Waals surface area contributed by atoms with Gasteiger partial charge < -0.3 is 5.11 Å². The molecule has 0 bridgehead atoms. The highest BCUT2D eigenvalue weighted by molar-refractivity contribution is 5.73. The van der Waals surface area contributed by atoms with E-state index in [9.17, 15) is 0 Å². The average Bonchev–Trinajstić information content (AvgIpc) is 2.07. The predicted molar refractivity (Wildman–Crippen MR) is 49.7 cm³/mol. The summed E-state index contributed by atoms with van der Waals surface area (Å²) in [5, 5.41) is 9.16. The molecule has 0 aliphatic rings. The highest BCUT2D eigenvalue weighted by atomic mass is 16.3. The Morgan fingerprint density at radius 2 is 2.33 bits per heavy atom. The van der Waals surface area contributed by atoms with Crippen LogP contribution >= 0.6 is 0 Å². The first-order chi connectivity index (χ1) is 5.75. The molecule has 0 fully saturated rings. The molecular formula is C10H11NO. The summed E-state index contributed by atoms with van der Waals surface area (Å²) in [4.78, 5) is 4.08. The molecule has 0 aromatic carbocycles. The molecule has 2 heteroatoms. The third-order valence-corrected chi connectivity index (χ3v) is 1.54. The summed E-state index contributed by atoms with van der Waals surface area (Å²) in [7, 11) is 0. The third-order valence-electron chi connectivity index (χ3n) is 1.54. The van der Waals surface area contributed by atoms with Crippen molar-refractivity contribution < 1.29 is 5.11 Å². The molecule has 0 amide bonds. The summed E-state index contributed by atoms with van der Waals surface area (Å²) in [6.07, 6.45) is 3.46. The van der Waals surface area contributed by atoms with Gasteiger partial charge in [0.15, 0.2) is 0 Å². The van der Waals surface area contributed by atoms with E-state index in [-0.39, 0.29) is 5.76 Å². The van der Waals surface area contributed by atoms with E-state index in [1.165, 1.54) is 0 Å². The van der Waals surface area contributed by atoms with E-state index < -0.39 is 0 Å². The Hall–Kier alpha value is -1.57. The van der Waals surface area contributed by atoms with E-state index >= 15 is 0 Å². The van der Waals surface area contributed by atoms with Gasteiger partial charge in [0.2, 0.25) is 0 Å². The summed E-state index contributed by atoms with van der Waals surface area (Å²) in [6.45, 7) is 5.29. The Bertz CT molecular complexity index is 301. The van der Waals surface area contributed by atoms with Crippen LogP contribution in [-0.2, 0) is 0 Å². The van der Waals surface area contributed by atoms with E-state index in [0.29, 0.717) is 5.57 Å². The number of allylic oxidation sites excluding steroid dienone is 2. The molecule has 0 aliphatic heterocycles. The zero-order valence-corrected chi connectivity index (χ0v) is 6.99. The second-order valence-corrected chi connectivity index (χ2v) is 2.36. The van der Waals surface area contributed by atoms with Gasteiger partial charge in [-0.1, -0.05) is 18.7 Å². The van der Waals surface area contributed by atoms with Crippen molar-refractivity contribution in [2.75, 3.05) is 0 Å². The molecule has 0 saturated heterocycles. The first kappa shape index (κ1) is 8.53. The van der Waals surface area contributed by atoms with Gasteiger partial charge in [0, 0.05) is 11.8 Å². The molecule has 1 N–H and O–H groups in total. The van der Waals surface area contributed by atoms with Crippen LogP contribution in [0.2, 0.25) is 0 Å². The van der Waals surface area contributed by atoms with Gasteiger partial charge in [-0.3, -0.25) is 4.98 Å². The number of aromatic nitrogens is 1. The Balaban J connectivity index is 3.05. The van der Waals surface area contributed by atoms with Gasteiger partial charge in [0.1, 0.15) is 5.76 Å². The van der Waals surface area contributed by atoms with Crippen molar-refractivity contribution in [3.05, 3.63) is 48.5 Å². The number of hydrogen-bond donors (Lipinski definition) is 1. The smallest absolute Gasteiger partial charge is 0.117 e. The lowest BCUT2D eigenvalue weighted by molar-refractivity contribution is 0.440. The Morgan fingerprint density at radius 1 is 1.58 bits per heavy atom. The molecule has 62 valence electrons. The molecule has 0 unspecified atom stereocenters. The molecule has 2 nitrogen and oxygen atoms in total. The number of pyridine rings is 1. The molecule has 0 saturated carbocycles. The quantitative estimate of drug-likeness (QED) is 0.534. The molecule has 0 aliphatic carbocycles. The normalized spacial score (nSPS) is 11.2. The molecule has 1 heterocycles. The van der Waals surface area contributed by atoms with Gasteiger partial charge in [0.05, 0.1) is 5.69 Å². The summed E-state index contributed by atoms with van der Waals surface area (Å²) in [5.74, 6) is 0.0520. The summed E-state index contributed by atoms with van der Waals surface area (Å²) in [6, 6.07) is 5.53. The largest absolute Gasteiger partial charge is 0.508 e. The van der Waals surface area contributed by atoms with Crippen molar-refractivity contribution in [3.63, 3.8) is 0 Å². The van der Waals surface area contributed by atoms with E-state index in [2.05, 4.69) is 11.6 Å². The second-order valence-electron chi connectivity index (χ2n) is 2.36.